The fraction of sp³-hybridized carbons (Fsp3) is 0.514. The van der Waals surface area contributed by atoms with Gasteiger partial charge in [-0.05, 0) is 69.7 Å². The zero-order valence-electron chi connectivity index (χ0n) is 26.6. The van der Waals surface area contributed by atoms with Crippen LogP contribution in [0.4, 0.5) is 10.1 Å². The van der Waals surface area contributed by atoms with E-state index in [0.717, 1.165) is 29.6 Å². The maximum atomic E-state index is 15.5. The molecule has 0 radical (unpaired) electrons. The largest absolute Gasteiger partial charge is 0.481 e. The first-order chi connectivity index (χ1) is 22.5. The Labute approximate surface area is 283 Å². The van der Waals surface area contributed by atoms with Crippen molar-refractivity contribution in [2.24, 2.45) is 5.92 Å². The molecule has 0 unspecified atom stereocenters. The Morgan fingerprint density at radius 3 is 2.53 bits per heavy atom. The van der Waals surface area contributed by atoms with E-state index in [4.69, 9.17) is 21.1 Å². The SMILES string of the molecule is C[C@@H]1CN([C@H]2C[C@@H](COC3CCC(C(=O)O)CC3)N(C(=O)Cc3cc(Cl)c(NC(=O)c4csc5ccccc45)cc3F)C2)C[C@H](C)O1. The van der Waals surface area contributed by atoms with Gasteiger partial charge < -0.3 is 24.8 Å². The Kier molecular flexibility index (Phi) is 10.5. The Hall–Kier alpha value is -3.09. The number of likely N-dealkylation sites (tertiary alicyclic amines) is 1. The number of carbonyl (C=O) groups is 3. The van der Waals surface area contributed by atoms with Gasteiger partial charge in [0.2, 0.25) is 5.91 Å². The van der Waals surface area contributed by atoms with Crippen LogP contribution >= 0.6 is 22.9 Å². The molecule has 1 aromatic heterocycles. The van der Waals surface area contributed by atoms with Gasteiger partial charge in [0.15, 0.2) is 0 Å². The summed E-state index contributed by atoms with van der Waals surface area (Å²) in [7, 11) is 0. The summed E-state index contributed by atoms with van der Waals surface area (Å²) in [5.74, 6) is -2.32. The van der Waals surface area contributed by atoms with Crippen molar-refractivity contribution in [3.63, 3.8) is 0 Å². The van der Waals surface area contributed by atoms with Crippen molar-refractivity contribution in [1.29, 1.82) is 0 Å². The number of amides is 2. The normalized spacial score (nSPS) is 26.9. The van der Waals surface area contributed by atoms with E-state index in [9.17, 15) is 19.5 Å². The second-order valence-corrected chi connectivity index (χ2v) is 14.5. The molecule has 6 rings (SSSR count). The molecule has 2 amide bonds. The molecule has 3 aliphatic rings. The van der Waals surface area contributed by atoms with Crippen molar-refractivity contribution in [3.05, 3.63) is 63.7 Å². The lowest BCUT2D eigenvalue weighted by molar-refractivity contribution is -0.144. The van der Waals surface area contributed by atoms with Crippen LogP contribution in [0.3, 0.4) is 0 Å². The molecular formula is C35H41ClFN3O6S. The first-order valence-electron chi connectivity index (χ1n) is 16.3. The van der Waals surface area contributed by atoms with E-state index in [2.05, 4.69) is 24.1 Å². The molecule has 3 heterocycles. The smallest absolute Gasteiger partial charge is 0.306 e. The molecule has 3 fully saturated rings. The summed E-state index contributed by atoms with van der Waals surface area (Å²) in [4.78, 5) is 42.5. The van der Waals surface area contributed by atoms with E-state index in [-0.39, 0.29) is 70.8 Å². The molecular weight excluding hydrogens is 645 g/mol. The number of aliphatic carboxylic acids is 1. The minimum atomic E-state index is -0.758. The number of ether oxygens (including phenoxy) is 2. The highest BCUT2D eigenvalue weighted by atomic mass is 35.5. The van der Waals surface area contributed by atoms with Crippen LogP contribution in [0.2, 0.25) is 5.02 Å². The molecule has 1 saturated carbocycles. The van der Waals surface area contributed by atoms with Gasteiger partial charge in [0.1, 0.15) is 5.82 Å². The van der Waals surface area contributed by atoms with E-state index >= 15 is 4.39 Å². The van der Waals surface area contributed by atoms with Crippen molar-refractivity contribution < 1.29 is 33.4 Å². The van der Waals surface area contributed by atoms with Gasteiger partial charge in [-0.3, -0.25) is 19.3 Å². The number of carbonyl (C=O) groups excluding carboxylic acids is 2. The Morgan fingerprint density at radius 2 is 1.81 bits per heavy atom. The molecule has 1 aliphatic carbocycles. The fourth-order valence-corrected chi connectivity index (χ4v) is 8.46. The van der Waals surface area contributed by atoms with Crippen LogP contribution in [-0.2, 0) is 25.5 Å². The molecule has 0 bridgehead atoms. The van der Waals surface area contributed by atoms with Crippen molar-refractivity contribution in [2.75, 3.05) is 31.6 Å². The molecule has 3 aromatic rings. The van der Waals surface area contributed by atoms with Crippen LogP contribution in [0.25, 0.3) is 10.1 Å². The quantitative estimate of drug-likeness (QED) is 0.275. The van der Waals surface area contributed by atoms with Gasteiger partial charge in [-0.1, -0.05) is 29.8 Å². The number of carboxylic acids is 1. The third-order valence-electron chi connectivity index (χ3n) is 9.68. The molecule has 2 aromatic carbocycles. The molecule has 12 heteroatoms. The highest BCUT2D eigenvalue weighted by molar-refractivity contribution is 7.17. The van der Waals surface area contributed by atoms with E-state index in [1.807, 2.05) is 29.2 Å². The summed E-state index contributed by atoms with van der Waals surface area (Å²) in [5, 5.41) is 14.8. The van der Waals surface area contributed by atoms with Crippen molar-refractivity contribution in [3.8, 4) is 0 Å². The highest BCUT2D eigenvalue weighted by Gasteiger charge is 2.40. The molecule has 2 N–H and O–H groups in total. The number of morpholine rings is 1. The minimum absolute atomic E-state index is 0.0453. The number of hydrogen-bond donors (Lipinski definition) is 2. The number of nitrogens with one attached hydrogen (secondary N) is 1. The van der Waals surface area contributed by atoms with Gasteiger partial charge in [0.25, 0.3) is 5.91 Å². The van der Waals surface area contributed by atoms with Gasteiger partial charge >= 0.3 is 5.97 Å². The summed E-state index contributed by atoms with van der Waals surface area (Å²) >= 11 is 7.99. The number of halogens is 2. The van der Waals surface area contributed by atoms with Crippen LogP contribution < -0.4 is 5.32 Å². The number of anilines is 1. The Bertz CT molecular complexity index is 1620. The van der Waals surface area contributed by atoms with Crippen molar-refractivity contribution >= 4 is 56.5 Å². The van der Waals surface area contributed by atoms with Gasteiger partial charge in [0.05, 0.1) is 59.6 Å². The third kappa shape index (κ3) is 7.81. The van der Waals surface area contributed by atoms with E-state index < -0.39 is 11.8 Å². The number of fused-ring (bicyclic) bond motifs is 1. The first-order valence-corrected chi connectivity index (χ1v) is 17.6. The van der Waals surface area contributed by atoms with Gasteiger partial charge in [0, 0.05) is 41.1 Å². The lowest BCUT2D eigenvalue weighted by Crippen LogP contribution is -2.51. The average molecular weight is 686 g/mol. The van der Waals surface area contributed by atoms with Crippen LogP contribution in [0, 0.1) is 11.7 Å². The standard InChI is InChI=1S/C35H41ClFN3O6S/c1-20-15-39(16-21(2)46-20)24-13-25(18-45-26-9-7-22(8-10-26)35(43)44)40(17-24)33(41)12-23-11-29(36)31(14-30(23)37)38-34(42)28-19-47-32-6-4-3-5-27(28)32/h3-6,11,14,19-22,24-26H,7-10,12-13,15-18H2,1-2H3,(H,38,42)(H,43,44)/t20-,21+,22?,24-,25-,26?/m0/s1. The maximum absolute atomic E-state index is 15.5. The number of rotatable bonds is 9. The van der Waals surface area contributed by atoms with E-state index in [1.165, 1.54) is 23.5 Å². The lowest BCUT2D eigenvalue weighted by Gasteiger charge is -2.38. The monoisotopic (exact) mass is 685 g/mol. The lowest BCUT2D eigenvalue weighted by atomic mass is 9.87. The third-order valence-corrected chi connectivity index (χ3v) is 11.0. The summed E-state index contributed by atoms with van der Waals surface area (Å²) in [5.41, 5.74) is 0.779. The van der Waals surface area contributed by atoms with E-state index in [0.29, 0.717) is 44.4 Å². The molecule has 4 atom stereocenters. The summed E-state index contributed by atoms with van der Waals surface area (Å²) < 4.78 is 28.7. The predicted octanol–water partition coefficient (Wildman–Crippen LogP) is 6.23. The number of carboxylic acid groups (broad SMARTS) is 1. The highest BCUT2D eigenvalue weighted by Crippen LogP contribution is 2.32. The van der Waals surface area contributed by atoms with Gasteiger partial charge in [-0.15, -0.1) is 11.3 Å². The Morgan fingerprint density at radius 1 is 1.09 bits per heavy atom. The zero-order chi connectivity index (χ0) is 33.2. The topological polar surface area (TPSA) is 108 Å². The number of nitrogens with zero attached hydrogens (tertiary/aromatic N) is 2. The van der Waals surface area contributed by atoms with Crippen molar-refractivity contribution in [1.82, 2.24) is 9.80 Å². The fourth-order valence-electron chi connectivity index (χ4n) is 7.29. The molecule has 0 spiro atoms. The van der Waals surface area contributed by atoms with Gasteiger partial charge in [-0.25, -0.2) is 4.39 Å². The number of thiophene rings is 1. The van der Waals surface area contributed by atoms with Crippen LogP contribution in [-0.4, -0.2) is 89.3 Å². The van der Waals surface area contributed by atoms with E-state index in [1.54, 1.807) is 5.38 Å². The molecule has 2 aliphatic heterocycles. The summed E-state index contributed by atoms with van der Waals surface area (Å²) in [6.45, 7) is 6.47. The molecule has 2 saturated heterocycles. The second-order valence-electron chi connectivity index (χ2n) is 13.1. The van der Waals surface area contributed by atoms with Crippen LogP contribution in [0.5, 0.6) is 0 Å². The zero-order valence-corrected chi connectivity index (χ0v) is 28.2. The number of benzene rings is 2. The molecule has 47 heavy (non-hydrogen) atoms. The molecule has 9 nitrogen and oxygen atoms in total. The predicted molar refractivity (Wildman–Crippen MR) is 180 cm³/mol. The maximum Gasteiger partial charge on any atom is 0.306 e. The Balaban J connectivity index is 1.14. The number of hydrogen-bond acceptors (Lipinski definition) is 7. The van der Waals surface area contributed by atoms with Crippen LogP contribution in [0.15, 0.2) is 41.8 Å². The summed E-state index contributed by atoms with van der Waals surface area (Å²) in [6.07, 6.45) is 3.17. The van der Waals surface area contributed by atoms with Crippen molar-refractivity contribution in [2.45, 2.75) is 82.8 Å². The summed E-state index contributed by atoms with van der Waals surface area (Å²) in [6, 6.07) is 10.1. The average Bonchev–Trinajstić information content (AvgIpc) is 3.67. The molecule has 252 valence electrons. The second kappa shape index (κ2) is 14.6. The van der Waals surface area contributed by atoms with Gasteiger partial charge in [-0.2, -0.15) is 0 Å². The van der Waals surface area contributed by atoms with Crippen LogP contribution in [0.1, 0.15) is 61.9 Å². The first kappa shape index (κ1) is 33.8. The minimum Gasteiger partial charge on any atom is -0.481 e.